The van der Waals surface area contributed by atoms with E-state index in [2.05, 4.69) is 5.32 Å². The second-order valence-electron chi connectivity index (χ2n) is 5.67. The van der Waals surface area contributed by atoms with E-state index in [0.29, 0.717) is 18.9 Å². The van der Waals surface area contributed by atoms with Crippen molar-refractivity contribution in [2.75, 3.05) is 24.7 Å². The Bertz CT molecular complexity index is 401. The third-order valence-electron chi connectivity index (χ3n) is 3.97. The predicted molar refractivity (Wildman–Crippen MR) is 72.6 cm³/mol. The molecule has 0 radical (unpaired) electrons. The summed E-state index contributed by atoms with van der Waals surface area (Å²) in [6.45, 7) is 0.635. The Morgan fingerprint density at radius 3 is 2.53 bits per heavy atom. The van der Waals surface area contributed by atoms with Crippen LogP contribution in [0.5, 0.6) is 0 Å². The Morgan fingerprint density at radius 2 is 1.89 bits per heavy atom. The lowest BCUT2D eigenvalue weighted by molar-refractivity contribution is -0.144. The Hall–Kier alpha value is -0.620. The minimum absolute atomic E-state index is 0.0905. The van der Waals surface area contributed by atoms with Gasteiger partial charge in [-0.15, -0.1) is 0 Å². The van der Waals surface area contributed by atoms with Crippen LogP contribution in [0.4, 0.5) is 0 Å². The second-order valence-corrected chi connectivity index (χ2v) is 7.90. The average molecular weight is 289 g/mol. The third kappa shape index (κ3) is 5.10. The zero-order valence-corrected chi connectivity index (χ0v) is 12.1. The molecule has 1 saturated carbocycles. The highest BCUT2D eigenvalue weighted by Gasteiger charge is 2.27. The van der Waals surface area contributed by atoms with Gasteiger partial charge in [0, 0.05) is 6.04 Å². The third-order valence-corrected chi connectivity index (χ3v) is 5.74. The Balaban J connectivity index is 1.59. The van der Waals surface area contributed by atoms with Crippen LogP contribution in [0.25, 0.3) is 0 Å². The number of hydrogen-bond acceptors (Lipinski definition) is 5. The first-order valence-corrected chi connectivity index (χ1v) is 8.97. The van der Waals surface area contributed by atoms with E-state index in [1.165, 1.54) is 19.3 Å². The van der Waals surface area contributed by atoms with Crippen molar-refractivity contribution in [3.8, 4) is 0 Å². The first-order valence-electron chi connectivity index (χ1n) is 7.14. The number of carbonyl (C=O) groups is 1. The molecule has 2 aliphatic rings. The molecular formula is C13H23NO4S. The SMILES string of the molecule is O=C(CNC1CCS(=O)(=O)C1)OCC1CCCCC1. The molecular weight excluding hydrogens is 266 g/mol. The average Bonchev–Trinajstić information content (AvgIpc) is 2.75. The lowest BCUT2D eigenvalue weighted by Gasteiger charge is -2.21. The summed E-state index contributed by atoms with van der Waals surface area (Å²) < 4.78 is 27.8. The highest BCUT2D eigenvalue weighted by Crippen LogP contribution is 2.23. The molecule has 5 nitrogen and oxygen atoms in total. The van der Waals surface area contributed by atoms with Gasteiger partial charge in [0.2, 0.25) is 0 Å². The van der Waals surface area contributed by atoms with Crippen LogP contribution in [-0.4, -0.2) is 45.1 Å². The van der Waals surface area contributed by atoms with Crippen molar-refractivity contribution in [1.29, 1.82) is 0 Å². The van der Waals surface area contributed by atoms with Crippen molar-refractivity contribution in [2.24, 2.45) is 5.92 Å². The molecule has 0 spiro atoms. The zero-order chi connectivity index (χ0) is 13.7. The molecule has 110 valence electrons. The summed E-state index contributed by atoms with van der Waals surface area (Å²) in [6.07, 6.45) is 6.67. The molecule has 1 aliphatic carbocycles. The number of ether oxygens (including phenoxy) is 1. The first kappa shape index (κ1) is 14.8. The fraction of sp³-hybridized carbons (Fsp3) is 0.923. The Labute approximate surface area is 115 Å². The lowest BCUT2D eigenvalue weighted by atomic mass is 9.90. The van der Waals surface area contributed by atoms with Crippen molar-refractivity contribution in [3.63, 3.8) is 0 Å². The molecule has 0 bridgehead atoms. The van der Waals surface area contributed by atoms with Gasteiger partial charge in [-0.3, -0.25) is 4.79 Å². The monoisotopic (exact) mass is 289 g/mol. The number of hydrogen-bond donors (Lipinski definition) is 1. The van der Waals surface area contributed by atoms with Crippen LogP contribution in [0.1, 0.15) is 38.5 Å². The van der Waals surface area contributed by atoms with Gasteiger partial charge >= 0.3 is 5.97 Å². The van der Waals surface area contributed by atoms with Gasteiger partial charge < -0.3 is 10.1 Å². The molecule has 1 unspecified atom stereocenters. The molecule has 0 amide bonds. The molecule has 6 heteroatoms. The smallest absolute Gasteiger partial charge is 0.319 e. The van der Waals surface area contributed by atoms with Crippen LogP contribution in [0.15, 0.2) is 0 Å². The van der Waals surface area contributed by atoms with E-state index in [-0.39, 0.29) is 30.1 Å². The second kappa shape index (κ2) is 6.70. The van der Waals surface area contributed by atoms with Gasteiger partial charge in [-0.25, -0.2) is 8.42 Å². The molecule has 0 aromatic carbocycles. The fourth-order valence-electron chi connectivity index (χ4n) is 2.80. The van der Waals surface area contributed by atoms with E-state index in [9.17, 15) is 13.2 Å². The number of rotatable bonds is 5. The van der Waals surface area contributed by atoms with Gasteiger partial charge in [-0.1, -0.05) is 19.3 Å². The summed E-state index contributed by atoms with van der Waals surface area (Å²) in [6, 6.07) is -0.0905. The molecule has 1 heterocycles. The summed E-state index contributed by atoms with van der Waals surface area (Å²) in [4.78, 5) is 11.6. The molecule has 19 heavy (non-hydrogen) atoms. The maximum atomic E-state index is 11.6. The van der Waals surface area contributed by atoms with E-state index in [0.717, 1.165) is 12.8 Å². The molecule has 1 aliphatic heterocycles. The normalized spacial score (nSPS) is 27.3. The van der Waals surface area contributed by atoms with Gasteiger partial charge in [-0.05, 0) is 25.2 Å². The Morgan fingerprint density at radius 1 is 1.16 bits per heavy atom. The van der Waals surface area contributed by atoms with E-state index >= 15 is 0 Å². The van der Waals surface area contributed by atoms with Gasteiger partial charge in [0.1, 0.15) is 0 Å². The summed E-state index contributed by atoms with van der Waals surface area (Å²) in [5.41, 5.74) is 0. The minimum atomic E-state index is -2.89. The number of nitrogens with one attached hydrogen (secondary N) is 1. The standard InChI is InChI=1S/C13H23NO4S/c15-13(18-9-11-4-2-1-3-5-11)8-14-12-6-7-19(16,17)10-12/h11-12,14H,1-10H2. The van der Waals surface area contributed by atoms with Crippen molar-refractivity contribution in [1.82, 2.24) is 5.32 Å². The van der Waals surface area contributed by atoms with E-state index in [1.807, 2.05) is 0 Å². The molecule has 0 aromatic rings. The minimum Gasteiger partial charge on any atom is -0.464 e. The molecule has 1 atom stereocenters. The lowest BCUT2D eigenvalue weighted by Crippen LogP contribution is -2.35. The molecule has 1 saturated heterocycles. The summed E-state index contributed by atoms with van der Waals surface area (Å²) in [7, 11) is -2.89. The molecule has 2 fully saturated rings. The van der Waals surface area contributed by atoms with Crippen LogP contribution in [0, 0.1) is 5.92 Å². The summed E-state index contributed by atoms with van der Waals surface area (Å²) in [5.74, 6) is 0.615. The Kier molecular flexibility index (Phi) is 5.21. The van der Waals surface area contributed by atoms with Gasteiger partial charge in [0.05, 0.1) is 24.7 Å². The van der Waals surface area contributed by atoms with Crippen LogP contribution in [0.3, 0.4) is 0 Å². The van der Waals surface area contributed by atoms with Crippen LogP contribution < -0.4 is 5.32 Å². The van der Waals surface area contributed by atoms with Crippen LogP contribution in [0.2, 0.25) is 0 Å². The van der Waals surface area contributed by atoms with E-state index < -0.39 is 9.84 Å². The maximum absolute atomic E-state index is 11.6. The first-order chi connectivity index (χ1) is 9.05. The number of carbonyl (C=O) groups excluding carboxylic acids is 1. The topological polar surface area (TPSA) is 72.5 Å². The molecule has 0 aromatic heterocycles. The predicted octanol–water partition coefficient (Wildman–Crippen LogP) is 0.887. The van der Waals surface area contributed by atoms with Gasteiger partial charge in [-0.2, -0.15) is 0 Å². The van der Waals surface area contributed by atoms with Crippen LogP contribution in [-0.2, 0) is 19.4 Å². The van der Waals surface area contributed by atoms with Crippen LogP contribution >= 0.6 is 0 Å². The van der Waals surface area contributed by atoms with Crippen molar-refractivity contribution >= 4 is 15.8 Å². The number of sulfone groups is 1. The number of esters is 1. The van der Waals surface area contributed by atoms with Crippen molar-refractivity contribution < 1.29 is 17.9 Å². The largest absolute Gasteiger partial charge is 0.464 e. The van der Waals surface area contributed by atoms with E-state index in [1.54, 1.807) is 0 Å². The van der Waals surface area contributed by atoms with Crippen molar-refractivity contribution in [2.45, 2.75) is 44.6 Å². The molecule has 1 N–H and O–H groups in total. The van der Waals surface area contributed by atoms with Gasteiger partial charge in [0.25, 0.3) is 0 Å². The quantitative estimate of drug-likeness (QED) is 0.761. The van der Waals surface area contributed by atoms with Gasteiger partial charge in [0.15, 0.2) is 9.84 Å². The fourth-order valence-corrected chi connectivity index (χ4v) is 4.51. The summed E-state index contributed by atoms with van der Waals surface area (Å²) in [5, 5.41) is 2.97. The maximum Gasteiger partial charge on any atom is 0.319 e. The van der Waals surface area contributed by atoms with E-state index in [4.69, 9.17) is 4.74 Å². The zero-order valence-electron chi connectivity index (χ0n) is 11.3. The highest BCUT2D eigenvalue weighted by atomic mass is 32.2. The van der Waals surface area contributed by atoms with Crippen molar-refractivity contribution in [3.05, 3.63) is 0 Å². The highest BCUT2D eigenvalue weighted by molar-refractivity contribution is 7.91. The molecule has 2 rings (SSSR count). The summed E-state index contributed by atoms with van der Waals surface area (Å²) >= 11 is 0.